The normalized spacial score (nSPS) is 15.5. The molecule has 1 fully saturated rings. The summed E-state index contributed by atoms with van der Waals surface area (Å²) in [4.78, 5) is 16.6. The minimum Gasteiger partial charge on any atom is -0.409 e. The van der Waals surface area contributed by atoms with E-state index in [-0.39, 0.29) is 17.1 Å². The van der Waals surface area contributed by atoms with Crippen LogP contribution >= 0.6 is 12.2 Å². The van der Waals surface area contributed by atoms with E-state index in [9.17, 15) is 18.0 Å². The average molecular weight is 478 g/mol. The summed E-state index contributed by atoms with van der Waals surface area (Å²) in [5.41, 5.74) is -0.254. The van der Waals surface area contributed by atoms with Crippen LogP contribution < -0.4 is 5.32 Å². The molecule has 0 bridgehead atoms. The van der Waals surface area contributed by atoms with E-state index in [0.717, 1.165) is 11.6 Å². The van der Waals surface area contributed by atoms with E-state index in [1.54, 1.807) is 4.68 Å². The van der Waals surface area contributed by atoms with Gasteiger partial charge in [0.1, 0.15) is 0 Å². The Morgan fingerprint density at radius 2 is 1.64 bits per heavy atom. The molecule has 1 N–H and O–H groups in total. The number of benzene rings is 2. The number of para-hydroxylation sites is 1. The second-order valence-electron chi connectivity index (χ2n) is 7.67. The fraction of sp³-hybridized carbons (Fsp3) is 0.318. The summed E-state index contributed by atoms with van der Waals surface area (Å²) >= 11 is 5.28. The first-order valence-corrected chi connectivity index (χ1v) is 10.7. The van der Waals surface area contributed by atoms with Crippen LogP contribution in [-0.4, -0.2) is 58.2 Å². The minimum absolute atomic E-state index is 0.0155. The van der Waals surface area contributed by atoms with Crippen molar-refractivity contribution in [1.29, 1.82) is 0 Å². The SMILES string of the molecule is O=C(CN1CCN(Cn2nc(-c3ccccc3)oc2=S)CC1)Nc1ccccc1C(F)(F)F. The Labute approximate surface area is 193 Å². The quantitative estimate of drug-likeness (QED) is 0.539. The van der Waals surface area contributed by atoms with E-state index in [2.05, 4.69) is 15.3 Å². The third-order valence-electron chi connectivity index (χ3n) is 5.30. The molecule has 0 spiro atoms. The Morgan fingerprint density at radius 1 is 1.00 bits per heavy atom. The fourth-order valence-corrected chi connectivity index (χ4v) is 3.78. The van der Waals surface area contributed by atoms with Gasteiger partial charge >= 0.3 is 6.18 Å². The first-order chi connectivity index (χ1) is 15.8. The third kappa shape index (κ3) is 5.86. The highest BCUT2D eigenvalue weighted by Crippen LogP contribution is 2.34. The van der Waals surface area contributed by atoms with Crippen LogP contribution in [0.4, 0.5) is 18.9 Å². The first-order valence-electron chi connectivity index (χ1n) is 10.3. The van der Waals surface area contributed by atoms with Crippen LogP contribution in [0.15, 0.2) is 59.0 Å². The summed E-state index contributed by atoms with van der Waals surface area (Å²) in [5, 5.41) is 6.84. The number of piperazine rings is 1. The van der Waals surface area contributed by atoms with Gasteiger partial charge in [-0.25, -0.2) is 4.68 Å². The predicted octanol–water partition coefficient (Wildman–Crippen LogP) is 4.11. The van der Waals surface area contributed by atoms with E-state index in [0.29, 0.717) is 38.7 Å². The molecule has 1 aliphatic heterocycles. The predicted molar refractivity (Wildman–Crippen MR) is 119 cm³/mol. The number of nitrogens with one attached hydrogen (secondary N) is 1. The molecule has 2 aromatic carbocycles. The molecular formula is C22H22F3N5O2S. The molecule has 1 amide bonds. The number of halogens is 3. The lowest BCUT2D eigenvalue weighted by Gasteiger charge is -2.33. The second-order valence-corrected chi connectivity index (χ2v) is 8.02. The van der Waals surface area contributed by atoms with E-state index >= 15 is 0 Å². The molecule has 3 aromatic rings. The number of carbonyl (C=O) groups is 1. The minimum atomic E-state index is -4.53. The van der Waals surface area contributed by atoms with Gasteiger partial charge in [0.15, 0.2) is 0 Å². The molecule has 0 atom stereocenters. The van der Waals surface area contributed by atoms with Crippen LogP contribution in [0.5, 0.6) is 0 Å². The van der Waals surface area contributed by atoms with Gasteiger partial charge in [0.25, 0.3) is 4.84 Å². The highest BCUT2D eigenvalue weighted by Gasteiger charge is 2.33. The van der Waals surface area contributed by atoms with Gasteiger partial charge in [0.05, 0.1) is 24.5 Å². The molecule has 11 heteroatoms. The van der Waals surface area contributed by atoms with Crippen molar-refractivity contribution in [1.82, 2.24) is 19.6 Å². The van der Waals surface area contributed by atoms with Crippen LogP contribution in [0, 0.1) is 4.84 Å². The number of aromatic nitrogens is 2. The molecule has 0 aliphatic carbocycles. The Bertz CT molecular complexity index is 1150. The first kappa shape index (κ1) is 23.1. The van der Waals surface area contributed by atoms with Crippen LogP contribution in [-0.2, 0) is 17.6 Å². The average Bonchev–Trinajstić information content (AvgIpc) is 3.15. The summed E-state index contributed by atoms with van der Waals surface area (Å²) in [6, 6.07) is 14.4. The summed E-state index contributed by atoms with van der Waals surface area (Å²) in [6.45, 7) is 2.95. The summed E-state index contributed by atoms with van der Waals surface area (Å²) < 4.78 is 46.6. The molecule has 4 rings (SSSR count). The van der Waals surface area contributed by atoms with Crippen molar-refractivity contribution in [3.63, 3.8) is 0 Å². The smallest absolute Gasteiger partial charge is 0.409 e. The van der Waals surface area contributed by atoms with E-state index in [1.807, 2.05) is 35.2 Å². The third-order valence-corrected chi connectivity index (χ3v) is 5.59. The number of carbonyl (C=O) groups excluding carboxylic acids is 1. The summed E-state index contributed by atoms with van der Waals surface area (Å²) in [7, 11) is 0. The Kier molecular flexibility index (Phi) is 6.91. The van der Waals surface area contributed by atoms with Gasteiger partial charge in [0, 0.05) is 31.7 Å². The monoisotopic (exact) mass is 477 g/mol. The van der Waals surface area contributed by atoms with E-state index in [4.69, 9.17) is 16.6 Å². The van der Waals surface area contributed by atoms with Gasteiger partial charge < -0.3 is 9.73 Å². The number of nitrogens with zero attached hydrogens (tertiary/aromatic N) is 4. The van der Waals surface area contributed by atoms with E-state index in [1.165, 1.54) is 18.2 Å². The highest BCUT2D eigenvalue weighted by molar-refractivity contribution is 7.71. The molecule has 2 heterocycles. The van der Waals surface area contributed by atoms with E-state index < -0.39 is 17.6 Å². The maximum Gasteiger partial charge on any atom is 0.418 e. The van der Waals surface area contributed by atoms with Gasteiger partial charge in [-0.3, -0.25) is 14.6 Å². The maximum absolute atomic E-state index is 13.1. The zero-order valence-electron chi connectivity index (χ0n) is 17.6. The molecule has 174 valence electrons. The van der Waals surface area contributed by atoms with Crippen LogP contribution in [0.25, 0.3) is 11.5 Å². The molecule has 7 nitrogen and oxygen atoms in total. The van der Waals surface area contributed by atoms with Crippen molar-refractivity contribution in [2.24, 2.45) is 0 Å². The van der Waals surface area contributed by atoms with Crippen molar-refractivity contribution >= 4 is 23.8 Å². The summed E-state index contributed by atoms with van der Waals surface area (Å²) in [5.74, 6) is -0.0265. The van der Waals surface area contributed by atoms with Crippen LogP contribution in [0.1, 0.15) is 5.56 Å². The fourth-order valence-electron chi connectivity index (χ4n) is 3.60. The Balaban J connectivity index is 1.29. The maximum atomic E-state index is 13.1. The number of hydrogen-bond donors (Lipinski definition) is 1. The number of alkyl halides is 3. The lowest BCUT2D eigenvalue weighted by Crippen LogP contribution is -2.49. The molecule has 0 radical (unpaired) electrons. The van der Waals surface area contributed by atoms with Gasteiger partial charge in [-0.15, -0.1) is 5.10 Å². The van der Waals surface area contributed by atoms with Crippen molar-refractivity contribution in [2.75, 3.05) is 38.0 Å². The molecular weight excluding hydrogens is 455 g/mol. The van der Waals surface area contributed by atoms with Crippen molar-refractivity contribution in [3.8, 4) is 11.5 Å². The van der Waals surface area contributed by atoms with Crippen LogP contribution in [0.2, 0.25) is 0 Å². The molecule has 33 heavy (non-hydrogen) atoms. The van der Waals surface area contributed by atoms with Gasteiger partial charge in [-0.2, -0.15) is 13.2 Å². The van der Waals surface area contributed by atoms with Gasteiger partial charge in [0.2, 0.25) is 11.8 Å². The molecule has 0 saturated carbocycles. The number of hydrogen-bond acceptors (Lipinski definition) is 6. The highest BCUT2D eigenvalue weighted by atomic mass is 32.1. The molecule has 0 unspecified atom stereocenters. The Morgan fingerprint density at radius 3 is 2.33 bits per heavy atom. The molecule has 1 aliphatic rings. The van der Waals surface area contributed by atoms with Crippen LogP contribution in [0.3, 0.4) is 0 Å². The molecule has 1 aromatic heterocycles. The standard InChI is InChI=1S/C22H22F3N5O2S/c23-22(24,25)17-8-4-5-9-18(17)26-19(31)14-28-10-12-29(13-11-28)15-30-21(33)32-20(27-30)16-6-2-1-3-7-16/h1-9H,10-15H2,(H,26,31). The topological polar surface area (TPSA) is 66.5 Å². The Hall–Kier alpha value is -3.02. The molecule has 1 saturated heterocycles. The zero-order chi connectivity index (χ0) is 23.4. The lowest BCUT2D eigenvalue weighted by molar-refractivity contribution is -0.137. The summed E-state index contributed by atoms with van der Waals surface area (Å²) in [6.07, 6.45) is -4.53. The van der Waals surface area contributed by atoms with Gasteiger partial charge in [-0.05, 0) is 36.5 Å². The zero-order valence-corrected chi connectivity index (χ0v) is 18.4. The second kappa shape index (κ2) is 9.86. The van der Waals surface area contributed by atoms with Crippen molar-refractivity contribution in [2.45, 2.75) is 12.8 Å². The number of anilines is 1. The number of rotatable bonds is 6. The largest absolute Gasteiger partial charge is 0.418 e. The van der Waals surface area contributed by atoms with Gasteiger partial charge in [-0.1, -0.05) is 30.3 Å². The van der Waals surface area contributed by atoms with Crippen molar-refractivity contribution < 1.29 is 22.4 Å². The lowest BCUT2D eigenvalue weighted by atomic mass is 10.1. The number of amides is 1. The van der Waals surface area contributed by atoms with Crippen molar-refractivity contribution in [3.05, 3.63) is 65.0 Å².